The van der Waals surface area contributed by atoms with Crippen molar-refractivity contribution in [3.8, 4) is 5.75 Å². The van der Waals surface area contributed by atoms with Gasteiger partial charge in [-0.05, 0) is 41.3 Å². The Morgan fingerprint density at radius 1 is 0.920 bits per heavy atom. The topological polar surface area (TPSA) is 43.8 Å². The number of phenols is 1. The van der Waals surface area contributed by atoms with Gasteiger partial charge in [-0.25, -0.2) is 0 Å². The Labute approximate surface area is 149 Å². The quantitative estimate of drug-likeness (QED) is 0.909. The van der Waals surface area contributed by atoms with E-state index in [-0.39, 0.29) is 17.1 Å². The van der Waals surface area contributed by atoms with Gasteiger partial charge in [-0.3, -0.25) is 4.79 Å². The van der Waals surface area contributed by atoms with Crippen molar-refractivity contribution in [1.82, 2.24) is 4.90 Å². The third kappa shape index (κ3) is 3.78. The van der Waals surface area contributed by atoms with Crippen LogP contribution in [0.25, 0.3) is 0 Å². The zero-order valence-corrected chi connectivity index (χ0v) is 15.2. The lowest BCUT2D eigenvalue weighted by Crippen LogP contribution is -2.49. The summed E-state index contributed by atoms with van der Waals surface area (Å²) in [5.74, 6) is 0.212. The first-order chi connectivity index (χ1) is 11.9. The molecule has 0 aromatic heterocycles. The van der Waals surface area contributed by atoms with Crippen LogP contribution in [0, 0.1) is 0 Å². The molecule has 4 nitrogen and oxygen atoms in total. The van der Waals surface area contributed by atoms with Gasteiger partial charge in [-0.1, -0.05) is 39.0 Å². The van der Waals surface area contributed by atoms with E-state index in [1.165, 1.54) is 11.3 Å². The van der Waals surface area contributed by atoms with Crippen LogP contribution in [0.3, 0.4) is 0 Å². The summed E-state index contributed by atoms with van der Waals surface area (Å²) in [5.41, 5.74) is 3.33. The van der Waals surface area contributed by atoms with Crippen molar-refractivity contribution in [3.05, 3.63) is 59.7 Å². The van der Waals surface area contributed by atoms with Crippen LogP contribution in [0.4, 0.5) is 5.69 Å². The Balaban J connectivity index is 1.70. The molecule has 0 radical (unpaired) electrons. The van der Waals surface area contributed by atoms with Crippen LogP contribution in [0.1, 0.15) is 36.7 Å². The van der Waals surface area contributed by atoms with E-state index < -0.39 is 0 Å². The number of carbonyl (C=O) groups excluding carboxylic acids is 1. The summed E-state index contributed by atoms with van der Waals surface area (Å²) in [6, 6.07) is 15.0. The average molecular weight is 338 g/mol. The van der Waals surface area contributed by atoms with Crippen LogP contribution in [0.15, 0.2) is 48.5 Å². The number of rotatable bonds is 2. The maximum Gasteiger partial charge on any atom is 0.253 e. The number of hydrogen-bond acceptors (Lipinski definition) is 3. The predicted molar refractivity (Wildman–Crippen MR) is 101 cm³/mol. The smallest absolute Gasteiger partial charge is 0.253 e. The Hall–Kier alpha value is -2.49. The highest BCUT2D eigenvalue weighted by atomic mass is 16.3. The summed E-state index contributed by atoms with van der Waals surface area (Å²) in [4.78, 5) is 16.9. The second kappa shape index (κ2) is 6.79. The highest BCUT2D eigenvalue weighted by Crippen LogP contribution is 2.32. The molecular formula is C21H26N2O2. The van der Waals surface area contributed by atoms with E-state index >= 15 is 0 Å². The molecular weight excluding hydrogens is 312 g/mol. The minimum atomic E-state index is 0.0313. The van der Waals surface area contributed by atoms with Crippen molar-refractivity contribution in [2.75, 3.05) is 31.1 Å². The molecule has 0 aliphatic carbocycles. The number of amides is 1. The molecule has 0 atom stereocenters. The van der Waals surface area contributed by atoms with Gasteiger partial charge in [0.2, 0.25) is 0 Å². The van der Waals surface area contributed by atoms with Gasteiger partial charge in [-0.15, -0.1) is 0 Å². The zero-order chi connectivity index (χ0) is 18.0. The lowest BCUT2D eigenvalue weighted by atomic mass is 9.85. The fourth-order valence-electron chi connectivity index (χ4n) is 3.32. The van der Waals surface area contributed by atoms with Crippen molar-refractivity contribution >= 4 is 11.6 Å². The molecule has 1 N–H and O–H groups in total. The maximum atomic E-state index is 12.6. The van der Waals surface area contributed by atoms with Gasteiger partial charge in [0.05, 0.1) is 0 Å². The molecule has 1 aliphatic heterocycles. The summed E-state index contributed by atoms with van der Waals surface area (Å²) in [7, 11) is 0. The molecule has 1 fully saturated rings. The molecule has 1 aliphatic rings. The van der Waals surface area contributed by atoms with Gasteiger partial charge >= 0.3 is 0 Å². The molecule has 4 heteroatoms. The lowest BCUT2D eigenvalue weighted by molar-refractivity contribution is 0.0746. The van der Waals surface area contributed by atoms with Crippen LogP contribution < -0.4 is 4.90 Å². The average Bonchev–Trinajstić information content (AvgIpc) is 2.61. The third-order valence-electron chi connectivity index (χ3n) is 4.73. The maximum absolute atomic E-state index is 12.6. The van der Waals surface area contributed by atoms with Crippen LogP contribution in [-0.4, -0.2) is 42.1 Å². The van der Waals surface area contributed by atoms with Crippen LogP contribution in [-0.2, 0) is 5.41 Å². The minimum Gasteiger partial charge on any atom is -0.508 e. The summed E-state index contributed by atoms with van der Waals surface area (Å²) in [6.07, 6.45) is 0. The highest BCUT2D eigenvalue weighted by molar-refractivity contribution is 5.94. The van der Waals surface area contributed by atoms with Crippen LogP contribution in [0.2, 0.25) is 0 Å². The summed E-state index contributed by atoms with van der Waals surface area (Å²) in [5, 5.41) is 9.37. The first-order valence-corrected chi connectivity index (χ1v) is 8.79. The summed E-state index contributed by atoms with van der Waals surface area (Å²) in [6.45, 7) is 9.77. The number of benzene rings is 2. The van der Waals surface area contributed by atoms with E-state index in [0.717, 1.165) is 13.1 Å². The second-order valence-corrected chi connectivity index (χ2v) is 7.59. The fraction of sp³-hybridized carbons (Fsp3) is 0.381. The number of para-hydroxylation sites is 1. The SMILES string of the molecule is CC(C)(C)c1ccccc1N1CCN(C(=O)c2ccc(O)cc2)CC1. The largest absolute Gasteiger partial charge is 0.508 e. The van der Waals surface area contributed by atoms with Crippen molar-refractivity contribution in [2.45, 2.75) is 26.2 Å². The summed E-state index contributed by atoms with van der Waals surface area (Å²) >= 11 is 0. The molecule has 132 valence electrons. The molecule has 0 spiro atoms. The Morgan fingerprint density at radius 3 is 2.12 bits per heavy atom. The van der Waals surface area contributed by atoms with Crippen molar-refractivity contribution < 1.29 is 9.90 Å². The molecule has 0 saturated carbocycles. The van der Waals surface area contributed by atoms with Gasteiger partial charge in [0, 0.05) is 37.4 Å². The molecule has 1 amide bonds. The standard InChI is InChI=1S/C21H26N2O2/c1-21(2,3)18-6-4-5-7-19(18)22-12-14-23(15-13-22)20(25)16-8-10-17(24)11-9-16/h4-11,24H,12-15H2,1-3H3. The molecule has 3 rings (SSSR count). The molecule has 25 heavy (non-hydrogen) atoms. The highest BCUT2D eigenvalue weighted by Gasteiger charge is 2.26. The Kier molecular flexibility index (Phi) is 4.71. The first-order valence-electron chi connectivity index (χ1n) is 8.79. The number of aromatic hydroxyl groups is 1. The first kappa shape index (κ1) is 17.3. The minimum absolute atomic E-state index is 0.0313. The van der Waals surface area contributed by atoms with E-state index in [9.17, 15) is 9.90 Å². The monoisotopic (exact) mass is 338 g/mol. The van der Waals surface area contributed by atoms with Crippen molar-refractivity contribution in [1.29, 1.82) is 0 Å². The van der Waals surface area contributed by atoms with E-state index in [4.69, 9.17) is 0 Å². The molecule has 1 heterocycles. The van der Waals surface area contributed by atoms with Crippen molar-refractivity contribution in [3.63, 3.8) is 0 Å². The predicted octanol–water partition coefficient (Wildman–Crippen LogP) is 3.65. The van der Waals surface area contributed by atoms with E-state index in [1.807, 2.05) is 4.90 Å². The number of phenolic OH excluding ortho intramolecular Hbond substituents is 1. The normalized spacial score (nSPS) is 15.3. The van der Waals surface area contributed by atoms with E-state index in [1.54, 1.807) is 24.3 Å². The van der Waals surface area contributed by atoms with E-state index in [2.05, 4.69) is 49.9 Å². The van der Waals surface area contributed by atoms with Gasteiger partial charge in [0.15, 0.2) is 0 Å². The third-order valence-corrected chi connectivity index (χ3v) is 4.73. The fourth-order valence-corrected chi connectivity index (χ4v) is 3.32. The number of anilines is 1. The Bertz CT molecular complexity index is 739. The molecule has 0 bridgehead atoms. The number of piperazine rings is 1. The number of hydrogen-bond donors (Lipinski definition) is 1. The van der Waals surface area contributed by atoms with Crippen LogP contribution >= 0.6 is 0 Å². The van der Waals surface area contributed by atoms with Gasteiger partial charge < -0.3 is 14.9 Å². The Morgan fingerprint density at radius 2 is 1.52 bits per heavy atom. The van der Waals surface area contributed by atoms with Gasteiger partial charge in [0.25, 0.3) is 5.91 Å². The lowest BCUT2D eigenvalue weighted by Gasteiger charge is -2.38. The molecule has 2 aromatic carbocycles. The number of carbonyl (C=O) groups is 1. The number of nitrogens with zero attached hydrogens (tertiary/aromatic N) is 2. The molecule has 1 saturated heterocycles. The van der Waals surface area contributed by atoms with Crippen LogP contribution in [0.5, 0.6) is 5.75 Å². The van der Waals surface area contributed by atoms with E-state index in [0.29, 0.717) is 18.7 Å². The summed E-state index contributed by atoms with van der Waals surface area (Å²) < 4.78 is 0. The van der Waals surface area contributed by atoms with Gasteiger partial charge in [-0.2, -0.15) is 0 Å². The van der Waals surface area contributed by atoms with Gasteiger partial charge in [0.1, 0.15) is 5.75 Å². The molecule has 2 aromatic rings. The zero-order valence-electron chi connectivity index (χ0n) is 15.2. The second-order valence-electron chi connectivity index (χ2n) is 7.59. The molecule has 0 unspecified atom stereocenters. The van der Waals surface area contributed by atoms with Crippen molar-refractivity contribution in [2.24, 2.45) is 0 Å².